The van der Waals surface area contributed by atoms with Crippen molar-refractivity contribution in [3.8, 4) is 0 Å². The van der Waals surface area contributed by atoms with Gasteiger partial charge in [-0.2, -0.15) is 5.10 Å². The Balaban J connectivity index is 1.49. The SMILES string of the molecule is Cc1cc2nc(C)c(CCC(=O)N(Cc3ccc(F)cc3)C3CC3)c(C)n2n1. The highest BCUT2D eigenvalue weighted by atomic mass is 19.1. The van der Waals surface area contributed by atoms with Crippen molar-refractivity contribution in [2.24, 2.45) is 0 Å². The van der Waals surface area contributed by atoms with Crippen molar-refractivity contribution in [3.05, 3.63) is 64.4 Å². The van der Waals surface area contributed by atoms with Crippen molar-refractivity contribution in [1.29, 1.82) is 0 Å². The lowest BCUT2D eigenvalue weighted by Gasteiger charge is -2.23. The first-order valence-corrected chi connectivity index (χ1v) is 9.79. The van der Waals surface area contributed by atoms with Crippen molar-refractivity contribution < 1.29 is 9.18 Å². The second-order valence-electron chi connectivity index (χ2n) is 7.70. The molecule has 0 saturated heterocycles. The van der Waals surface area contributed by atoms with Crippen LogP contribution in [-0.4, -0.2) is 31.4 Å². The molecule has 2 heterocycles. The highest BCUT2D eigenvalue weighted by Crippen LogP contribution is 2.29. The molecule has 0 aliphatic heterocycles. The second-order valence-corrected chi connectivity index (χ2v) is 7.70. The van der Waals surface area contributed by atoms with Crippen LogP contribution in [0, 0.1) is 26.6 Å². The van der Waals surface area contributed by atoms with E-state index in [4.69, 9.17) is 0 Å². The lowest BCUT2D eigenvalue weighted by atomic mass is 10.1. The number of nitrogens with zero attached hydrogens (tertiary/aromatic N) is 4. The van der Waals surface area contributed by atoms with E-state index in [1.165, 1.54) is 12.1 Å². The van der Waals surface area contributed by atoms with Crippen molar-refractivity contribution in [3.63, 3.8) is 0 Å². The van der Waals surface area contributed by atoms with E-state index in [1.807, 2.05) is 36.3 Å². The second kappa shape index (κ2) is 7.34. The lowest BCUT2D eigenvalue weighted by molar-refractivity contribution is -0.132. The summed E-state index contributed by atoms with van der Waals surface area (Å²) >= 11 is 0. The molecule has 2 aromatic heterocycles. The van der Waals surface area contributed by atoms with Gasteiger partial charge in [0.1, 0.15) is 5.82 Å². The molecule has 0 spiro atoms. The molecule has 0 unspecified atom stereocenters. The molecular weight excluding hydrogens is 355 g/mol. The third-order valence-electron chi connectivity index (χ3n) is 5.45. The van der Waals surface area contributed by atoms with Gasteiger partial charge in [0.2, 0.25) is 5.91 Å². The number of amides is 1. The maximum atomic E-state index is 13.2. The number of aryl methyl sites for hydroxylation is 3. The molecule has 0 radical (unpaired) electrons. The van der Waals surface area contributed by atoms with E-state index in [1.54, 1.807) is 12.1 Å². The van der Waals surface area contributed by atoms with Crippen LogP contribution < -0.4 is 0 Å². The summed E-state index contributed by atoms with van der Waals surface area (Å²) in [6.45, 7) is 6.52. The van der Waals surface area contributed by atoms with Crippen molar-refractivity contribution in [2.75, 3.05) is 0 Å². The standard InChI is InChI=1S/C22H25FN4O/c1-14-12-21-24-15(2)20(16(3)27(21)25-14)10-11-22(28)26(19-8-9-19)13-17-4-6-18(23)7-5-17/h4-7,12,19H,8-11,13H2,1-3H3. The maximum absolute atomic E-state index is 13.2. The number of hydrogen-bond acceptors (Lipinski definition) is 3. The van der Waals surface area contributed by atoms with E-state index in [9.17, 15) is 9.18 Å². The van der Waals surface area contributed by atoms with Crippen molar-refractivity contribution in [2.45, 2.75) is 59.0 Å². The van der Waals surface area contributed by atoms with E-state index < -0.39 is 0 Å². The van der Waals surface area contributed by atoms with Gasteiger partial charge in [0.25, 0.3) is 0 Å². The zero-order chi connectivity index (χ0) is 19.8. The van der Waals surface area contributed by atoms with E-state index in [-0.39, 0.29) is 11.7 Å². The van der Waals surface area contributed by atoms with E-state index >= 15 is 0 Å². The highest BCUT2D eigenvalue weighted by Gasteiger charge is 2.32. The van der Waals surface area contributed by atoms with Gasteiger partial charge in [-0.05, 0) is 63.3 Å². The van der Waals surface area contributed by atoms with Crippen LogP contribution in [-0.2, 0) is 17.8 Å². The quantitative estimate of drug-likeness (QED) is 0.651. The van der Waals surface area contributed by atoms with Crippen LogP contribution in [0.4, 0.5) is 4.39 Å². The van der Waals surface area contributed by atoms with Crippen LogP contribution in [0.25, 0.3) is 5.65 Å². The van der Waals surface area contributed by atoms with Gasteiger partial charge >= 0.3 is 0 Å². The van der Waals surface area contributed by atoms with Crippen LogP contribution in [0.1, 0.15) is 47.5 Å². The molecule has 1 amide bonds. The summed E-state index contributed by atoms with van der Waals surface area (Å²) < 4.78 is 15.0. The van der Waals surface area contributed by atoms with E-state index in [0.717, 1.165) is 46.7 Å². The van der Waals surface area contributed by atoms with Gasteiger partial charge in [-0.15, -0.1) is 0 Å². The lowest BCUT2D eigenvalue weighted by Crippen LogP contribution is -2.32. The van der Waals surface area contributed by atoms with Gasteiger partial charge in [-0.3, -0.25) is 4.79 Å². The number of carbonyl (C=O) groups is 1. The predicted octanol–water partition coefficient (Wildman–Crippen LogP) is 3.92. The minimum atomic E-state index is -0.254. The first-order chi connectivity index (χ1) is 13.4. The Morgan fingerprint density at radius 3 is 2.61 bits per heavy atom. The molecule has 0 bridgehead atoms. The number of hydrogen-bond donors (Lipinski definition) is 0. The van der Waals surface area contributed by atoms with Crippen molar-refractivity contribution in [1.82, 2.24) is 19.5 Å². The molecule has 3 aromatic rings. The monoisotopic (exact) mass is 380 g/mol. The Hall–Kier alpha value is -2.76. The van der Waals surface area contributed by atoms with E-state index in [0.29, 0.717) is 25.4 Å². The fraction of sp³-hybridized carbons (Fsp3) is 0.409. The molecule has 1 aliphatic carbocycles. The number of benzene rings is 1. The molecule has 1 aliphatic rings. The fourth-order valence-corrected chi connectivity index (χ4v) is 3.77. The van der Waals surface area contributed by atoms with Gasteiger partial charge in [0.05, 0.1) is 5.69 Å². The third-order valence-corrected chi connectivity index (χ3v) is 5.45. The van der Waals surface area contributed by atoms with Gasteiger partial charge < -0.3 is 4.90 Å². The average Bonchev–Trinajstić information content (AvgIpc) is 3.42. The molecule has 146 valence electrons. The van der Waals surface area contributed by atoms with Crippen LogP contribution >= 0.6 is 0 Å². The summed E-state index contributed by atoms with van der Waals surface area (Å²) in [6, 6.07) is 8.68. The van der Waals surface area contributed by atoms with Crippen molar-refractivity contribution >= 4 is 11.6 Å². The fourth-order valence-electron chi connectivity index (χ4n) is 3.77. The molecular formula is C22H25FN4O. The topological polar surface area (TPSA) is 50.5 Å². The van der Waals surface area contributed by atoms with Crippen LogP contribution in [0.2, 0.25) is 0 Å². The molecule has 1 aromatic carbocycles. The summed E-state index contributed by atoms with van der Waals surface area (Å²) in [4.78, 5) is 19.6. The molecule has 0 atom stereocenters. The molecule has 5 nitrogen and oxygen atoms in total. The molecule has 6 heteroatoms. The summed E-state index contributed by atoms with van der Waals surface area (Å²) in [7, 11) is 0. The average molecular weight is 380 g/mol. The zero-order valence-corrected chi connectivity index (χ0v) is 16.6. The van der Waals surface area contributed by atoms with Gasteiger partial charge in [-0.25, -0.2) is 13.9 Å². The predicted molar refractivity (Wildman–Crippen MR) is 105 cm³/mol. The number of aromatic nitrogens is 3. The minimum absolute atomic E-state index is 0.141. The van der Waals surface area contributed by atoms with E-state index in [2.05, 4.69) is 10.1 Å². The van der Waals surface area contributed by atoms with Crippen LogP contribution in [0.15, 0.2) is 30.3 Å². The molecule has 1 saturated carbocycles. The zero-order valence-electron chi connectivity index (χ0n) is 16.6. The Morgan fingerprint density at radius 2 is 1.93 bits per heavy atom. The summed E-state index contributed by atoms with van der Waals surface area (Å²) in [5.74, 6) is -0.113. The van der Waals surface area contributed by atoms with Gasteiger partial charge in [0.15, 0.2) is 5.65 Å². The van der Waals surface area contributed by atoms with Gasteiger partial charge in [-0.1, -0.05) is 12.1 Å². The first-order valence-electron chi connectivity index (χ1n) is 9.79. The molecule has 28 heavy (non-hydrogen) atoms. The largest absolute Gasteiger partial charge is 0.335 e. The number of carbonyl (C=O) groups excluding carboxylic acids is 1. The summed E-state index contributed by atoms with van der Waals surface area (Å²) in [5.41, 5.74) is 5.82. The maximum Gasteiger partial charge on any atom is 0.223 e. The summed E-state index contributed by atoms with van der Waals surface area (Å²) in [5, 5.41) is 4.51. The Labute approximate surface area is 164 Å². The van der Waals surface area contributed by atoms with Crippen LogP contribution in [0.3, 0.4) is 0 Å². The van der Waals surface area contributed by atoms with Crippen LogP contribution in [0.5, 0.6) is 0 Å². The smallest absolute Gasteiger partial charge is 0.223 e. The third kappa shape index (κ3) is 3.77. The van der Waals surface area contributed by atoms with Gasteiger partial charge in [0, 0.05) is 36.5 Å². The summed E-state index contributed by atoms with van der Waals surface area (Å²) in [6.07, 6.45) is 3.17. The first kappa shape index (κ1) is 18.6. The minimum Gasteiger partial charge on any atom is -0.335 e. The number of fused-ring (bicyclic) bond motifs is 1. The number of rotatable bonds is 6. The molecule has 1 fully saturated rings. The Kier molecular flexibility index (Phi) is 4.87. The molecule has 0 N–H and O–H groups in total. The molecule has 4 rings (SSSR count). The highest BCUT2D eigenvalue weighted by molar-refractivity contribution is 5.77. The normalized spacial score (nSPS) is 13.9. The Bertz CT molecular complexity index is 1020. The number of halogens is 1. The Morgan fingerprint density at radius 1 is 1.21 bits per heavy atom.